The molecule has 0 bridgehead atoms. The number of amides is 1. The van der Waals surface area contributed by atoms with Gasteiger partial charge in [0.05, 0.1) is 18.8 Å². The number of benzene rings is 1. The SMILES string of the molecule is Cc1c(C(=O)NCC2COC2)cc(-c2cc(C(C)(C)C)cc(C(C)(C)C)c2)n1C(C)C1CCCCC1. The minimum Gasteiger partial charge on any atom is -0.381 e. The summed E-state index contributed by atoms with van der Waals surface area (Å²) >= 11 is 0. The topological polar surface area (TPSA) is 43.3 Å². The van der Waals surface area contributed by atoms with Crippen molar-refractivity contribution < 1.29 is 9.53 Å². The Balaban J connectivity index is 1.82. The number of nitrogens with one attached hydrogen (secondary N) is 1. The third kappa shape index (κ3) is 5.74. The Kier molecular flexibility index (Phi) is 7.76. The minimum absolute atomic E-state index is 0.0401. The fourth-order valence-electron chi connectivity index (χ4n) is 5.80. The molecular weight excluding hydrogens is 444 g/mol. The largest absolute Gasteiger partial charge is 0.381 e. The predicted octanol–water partition coefficient (Wildman–Crippen LogP) is 7.58. The summed E-state index contributed by atoms with van der Waals surface area (Å²) in [5, 5.41) is 3.19. The van der Waals surface area contributed by atoms with Crippen LogP contribution in [0.25, 0.3) is 11.3 Å². The minimum atomic E-state index is 0.0401. The summed E-state index contributed by atoms with van der Waals surface area (Å²) in [5.41, 5.74) is 7.08. The van der Waals surface area contributed by atoms with Crippen LogP contribution in [-0.4, -0.2) is 30.2 Å². The number of carbonyl (C=O) groups is 1. The van der Waals surface area contributed by atoms with E-state index in [1.165, 1.54) is 54.5 Å². The molecule has 1 unspecified atom stereocenters. The highest BCUT2D eigenvalue weighted by Gasteiger charge is 2.29. The zero-order chi connectivity index (χ0) is 26.3. The fraction of sp³-hybridized carbons (Fsp3) is 0.656. The highest BCUT2D eigenvalue weighted by Crippen LogP contribution is 2.40. The molecule has 0 spiro atoms. The van der Waals surface area contributed by atoms with Gasteiger partial charge in [0.15, 0.2) is 0 Å². The molecule has 1 aliphatic heterocycles. The lowest BCUT2D eigenvalue weighted by molar-refractivity contribution is -0.0298. The van der Waals surface area contributed by atoms with Crippen LogP contribution < -0.4 is 5.32 Å². The van der Waals surface area contributed by atoms with E-state index in [1.807, 2.05) is 0 Å². The molecular formula is C32H48N2O2. The van der Waals surface area contributed by atoms with E-state index in [0.717, 1.165) is 24.5 Å². The summed E-state index contributed by atoms with van der Waals surface area (Å²) < 4.78 is 7.79. The van der Waals surface area contributed by atoms with Crippen LogP contribution >= 0.6 is 0 Å². The van der Waals surface area contributed by atoms with Crippen molar-refractivity contribution in [1.82, 2.24) is 9.88 Å². The van der Waals surface area contributed by atoms with E-state index in [1.54, 1.807) is 0 Å². The lowest BCUT2D eigenvalue weighted by Crippen LogP contribution is -2.39. The van der Waals surface area contributed by atoms with E-state index < -0.39 is 0 Å². The van der Waals surface area contributed by atoms with Crippen LogP contribution in [0.15, 0.2) is 24.3 Å². The second-order valence-corrected chi connectivity index (χ2v) is 13.4. The molecule has 1 aromatic carbocycles. The van der Waals surface area contributed by atoms with Crippen LogP contribution in [0.1, 0.15) is 114 Å². The second-order valence-electron chi connectivity index (χ2n) is 13.4. The van der Waals surface area contributed by atoms with Gasteiger partial charge in [-0.05, 0) is 78.3 Å². The van der Waals surface area contributed by atoms with Gasteiger partial charge in [0.2, 0.25) is 0 Å². The molecule has 1 atom stereocenters. The van der Waals surface area contributed by atoms with Crippen molar-refractivity contribution >= 4 is 5.91 Å². The van der Waals surface area contributed by atoms with Gasteiger partial charge in [-0.2, -0.15) is 0 Å². The third-order valence-electron chi connectivity index (χ3n) is 8.49. The molecule has 2 aromatic rings. The molecule has 2 heterocycles. The number of nitrogens with zero attached hydrogens (tertiary/aromatic N) is 1. The van der Waals surface area contributed by atoms with Gasteiger partial charge in [0.1, 0.15) is 0 Å². The summed E-state index contributed by atoms with van der Waals surface area (Å²) in [4.78, 5) is 13.4. The van der Waals surface area contributed by atoms with E-state index in [-0.39, 0.29) is 16.7 Å². The Labute approximate surface area is 219 Å². The van der Waals surface area contributed by atoms with Crippen molar-refractivity contribution in [3.05, 3.63) is 46.6 Å². The molecule has 2 fully saturated rings. The molecule has 4 nitrogen and oxygen atoms in total. The quantitative estimate of drug-likeness (QED) is 0.452. The van der Waals surface area contributed by atoms with Crippen molar-refractivity contribution in [2.24, 2.45) is 11.8 Å². The molecule has 36 heavy (non-hydrogen) atoms. The number of aromatic nitrogens is 1. The maximum atomic E-state index is 13.4. The molecule has 1 aromatic heterocycles. The maximum Gasteiger partial charge on any atom is 0.253 e. The maximum absolute atomic E-state index is 13.4. The van der Waals surface area contributed by atoms with Crippen LogP contribution in [0.2, 0.25) is 0 Å². The van der Waals surface area contributed by atoms with Crippen LogP contribution in [0.4, 0.5) is 0 Å². The molecule has 1 saturated heterocycles. The number of hydrogen-bond donors (Lipinski definition) is 1. The lowest BCUT2D eigenvalue weighted by atomic mass is 9.79. The average Bonchev–Trinajstić information content (AvgIpc) is 3.13. The molecule has 1 amide bonds. The molecule has 1 aliphatic carbocycles. The van der Waals surface area contributed by atoms with Crippen LogP contribution in [0.5, 0.6) is 0 Å². The zero-order valence-electron chi connectivity index (χ0n) is 24.0. The Morgan fingerprint density at radius 3 is 2.06 bits per heavy atom. The summed E-state index contributed by atoms with van der Waals surface area (Å²) in [5.74, 6) is 1.13. The van der Waals surface area contributed by atoms with Gasteiger partial charge >= 0.3 is 0 Å². The van der Waals surface area contributed by atoms with Crippen LogP contribution in [0.3, 0.4) is 0 Å². The fourth-order valence-corrected chi connectivity index (χ4v) is 5.80. The molecule has 1 saturated carbocycles. The third-order valence-corrected chi connectivity index (χ3v) is 8.49. The number of carbonyl (C=O) groups excluding carboxylic acids is 1. The van der Waals surface area contributed by atoms with Crippen LogP contribution in [-0.2, 0) is 15.6 Å². The summed E-state index contributed by atoms with van der Waals surface area (Å²) in [6.45, 7) is 20.4. The van der Waals surface area contributed by atoms with E-state index in [9.17, 15) is 4.79 Å². The van der Waals surface area contributed by atoms with Gasteiger partial charge in [-0.3, -0.25) is 4.79 Å². The van der Waals surface area contributed by atoms with Gasteiger partial charge in [-0.25, -0.2) is 0 Å². The molecule has 0 radical (unpaired) electrons. The van der Waals surface area contributed by atoms with Crippen LogP contribution in [0, 0.1) is 18.8 Å². The first-order valence-corrected chi connectivity index (χ1v) is 14.1. The molecule has 4 heteroatoms. The van der Waals surface area contributed by atoms with Crippen molar-refractivity contribution in [2.45, 2.75) is 104 Å². The molecule has 2 aliphatic rings. The van der Waals surface area contributed by atoms with Gasteiger partial charge in [0, 0.05) is 29.9 Å². The number of rotatable bonds is 6. The van der Waals surface area contributed by atoms with Crippen molar-refractivity contribution in [3.8, 4) is 11.3 Å². The summed E-state index contributed by atoms with van der Waals surface area (Å²) in [6, 6.07) is 9.62. The predicted molar refractivity (Wildman–Crippen MR) is 150 cm³/mol. The van der Waals surface area contributed by atoms with Gasteiger partial charge < -0.3 is 14.6 Å². The van der Waals surface area contributed by atoms with Gasteiger partial charge in [-0.1, -0.05) is 66.9 Å². The highest BCUT2D eigenvalue weighted by molar-refractivity contribution is 5.97. The zero-order valence-corrected chi connectivity index (χ0v) is 24.0. The second kappa shape index (κ2) is 10.4. The molecule has 1 N–H and O–H groups in total. The lowest BCUT2D eigenvalue weighted by Gasteiger charge is -2.32. The van der Waals surface area contributed by atoms with Crippen molar-refractivity contribution in [3.63, 3.8) is 0 Å². The first-order valence-electron chi connectivity index (χ1n) is 14.1. The number of ether oxygens (including phenoxy) is 1. The van der Waals surface area contributed by atoms with E-state index in [2.05, 4.69) is 89.5 Å². The monoisotopic (exact) mass is 492 g/mol. The highest BCUT2D eigenvalue weighted by atomic mass is 16.5. The standard InChI is InChI=1S/C32H48N2O2/c1-21(24-12-10-9-11-13-24)34-22(2)28(30(35)33-18-23-19-36-20-23)17-29(34)25-14-26(31(3,4)5)16-27(15-25)32(6,7)8/h14-17,21,23-24H,9-13,18-20H2,1-8H3,(H,33,35). The normalized spacial score (nSPS) is 18.7. The summed E-state index contributed by atoms with van der Waals surface area (Å²) in [6.07, 6.45) is 6.53. The molecule has 198 valence electrons. The smallest absolute Gasteiger partial charge is 0.253 e. The van der Waals surface area contributed by atoms with Crippen molar-refractivity contribution in [2.75, 3.05) is 19.8 Å². The Morgan fingerprint density at radius 1 is 0.972 bits per heavy atom. The Morgan fingerprint density at radius 2 is 1.56 bits per heavy atom. The van der Waals surface area contributed by atoms with Gasteiger partial charge in [0.25, 0.3) is 5.91 Å². The number of hydrogen-bond acceptors (Lipinski definition) is 2. The Hall–Kier alpha value is -2.07. The average molecular weight is 493 g/mol. The summed E-state index contributed by atoms with van der Waals surface area (Å²) in [7, 11) is 0. The van der Waals surface area contributed by atoms with E-state index in [4.69, 9.17) is 4.74 Å². The molecule has 4 rings (SSSR count). The van der Waals surface area contributed by atoms with Gasteiger partial charge in [-0.15, -0.1) is 0 Å². The Bertz CT molecular complexity index is 1040. The van der Waals surface area contributed by atoms with E-state index in [0.29, 0.717) is 24.4 Å². The first-order chi connectivity index (χ1) is 16.9. The first kappa shape index (κ1) is 27.0. The van der Waals surface area contributed by atoms with E-state index >= 15 is 0 Å². The van der Waals surface area contributed by atoms with Crippen molar-refractivity contribution in [1.29, 1.82) is 0 Å².